The normalized spacial score (nSPS) is 43.1. The highest BCUT2D eigenvalue weighted by molar-refractivity contribution is 5.91. The topological polar surface area (TPSA) is 91.7 Å². The second-order valence-corrected chi connectivity index (χ2v) is 10.3. The molecule has 0 radical (unpaired) electrons. The van der Waals surface area contributed by atoms with Crippen LogP contribution in [0.3, 0.4) is 0 Å². The van der Waals surface area contributed by atoms with Crippen molar-refractivity contribution < 1.29 is 24.6 Å². The van der Waals surface area contributed by atoms with E-state index in [1.165, 1.54) is 12.0 Å². The van der Waals surface area contributed by atoms with E-state index in [1.54, 1.807) is 6.92 Å². The molecular formula is C24H36O5. The molecule has 1 unspecified atom stereocenters. The van der Waals surface area contributed by atoms with Gasteiger partial charge in [0.2, 0.25) is 0 Å². The first kappa shape index (κ1) is 22.2. The molecule has 0 aromatic heterocycles. The van der Waals surface area contributed by atoms with Crippen molar-refractivity contribution in [2.45, 2.75) is 72.6 Å². The number of rotatable bonds is 2. The van der Waals surface area contributed by atoms with Gasteiger partial charge >= 0.3 is 0 Å². The minimum atomic E-state index is -0.833. The maximum atomic E-state index is 12.4. The quantitative estimate of drug-likeness (QED) is 0.725. The number of carbonyl (C=O) groups excluding carboxylic acids is 2. The summed E-state index contributed by atoms with van der Waals surface area (Å²) in [5.41, 5.74) is 1.64. The fraction of sp³-hybridized carbons (Fsp3) is 0.792. The summed E-state index contributed by atoms with van der Waals surface area (Å²) in [6.45, 7) is 7.67. The number of aliphatic carboxylic acids is 1. The standard InChI is InChI=1S/C22H32O3.C2H4O2/c1-13(24)20-14(12-23)10-19-17-5-4-15-11-16(25)6-8-21(15,2)18(17)7-9-22(19,20)3;1-2(3)4/h11,14,17-20,23H,4-10,12H2,1-3H3;1H3,(H,3,4)/t14?,17-,18+,19+,20+,21+,22+;/m1./s1. The summed E-state index contributed by atoms with van der Waals surface area (Å²) in [6.07, 6.45) is 9.12. The number of ketones is 2. The molecule has 7 atom stereocenters. The van der Waals surface area contributed by atoms with Crippen molar-refractivity contribution in [1.29, 1.82) is 0 Å². The summed E-state index contributed by atoms with van der Waals surface area (Å²) in [6, 6.07) is 0. The molecule has 4 aliphatic carbocycles. The molecule has 5 heteroatoms. The predicted molar refractivity (Wildman–Crippen MR) is 110 cm³/mol. The van der Waals surface area contributed by atoms with Crippen molar-refractivity contribution >= 4 is 17.5 Å². The van der Waals surface area contributed by atoms with Crippen LogP contribution in [-0.2, 0) is 14.4 Å². The zero-order chi connectivity index (χ0) is 21.6. The molecule has 0 aliphatic heterocycles. The summed E-state index contributed by atoms with van der Waals surface area (Å²) in [5.74, 6) is 1.76. The Morgan fingerprint density at radius 2 is 1.76 bits per heavy atom. The van der Waals surface area contributed by atoms with Crippen LogP contribution >= 0.6 is 0 Å². The first-order valence-electron chi connectivity index (χ1n) is 11.1. The summed E-state index contributed by atoms with van der Waals surface area (Å²) < 4.78 is 0. The van der Waals surface area contributed by atoms with Crippen molar-refractivity contribution in [3.05, 3.63) is 11.6 Å². The molecule has 0 amide bonds. The smallest absolute Gasteiger partial charge is 0.300 e. The summed E-state index contributed by atoms with van der Waals surface area (Å²) in [4.78, 5) is 33.3. The lowest BCUT2D eigenvalue weighted by molar-refractivity contribution is -0.134. The molecule has 0 aromatic rings. The van der Waals surface area contributed by atoms with Gasteiger partial charge in [-0.1, -0.05) is 19.4 Å². The van der Waals surface area contributed by atoms with Crippen molar-refractivity contribution in [3.63, 3.8) is 0 Å². The van der Waals surface area contributed by atoms with Crippen LogP contribution in [0.5, 0.6) is 0 Å². The minimum Gasteiger partial charge on any atom is -0.481 e. The van der Waals surface area contributed by atoms with Gasteiger partial charge in [-0.25, -0.2) is 0 Å². The molecule has 0 aromatic carbocycles. The first-order chi connectivity index (χ1) is 13.5. The van der Waals surface area contributed by atoms with Gasteiger partial charge in [-0.05, 0) is 86.0 Å². The molecule has 4 aliphatic rings. The number of hydrogen-bond acceptors (Lipinski definition) is 4. The second kappa shape index (κ2) is 7.98. The lowest BCUT2D eigenvalue weighted by Crippen LogP contribution is -2.51. The Hall–Kier alpha value is -1.49. The SMILES string of the molecule is CC(=O)O.CC(=O)[C@H]1C(CO)C[C@H]2[C@@H]3CCC4=CC(=O)CC[C@]4(C)[C@H]3CC[C@]12C. The molecule has 0 spiro atoms. The zero-order valence-corrected chi connectivity index (χ0v) is 18.2. The largest absolute Gasteiger partial charge is 0.481 e. The van der Waals surface area contributed by atoms with Crippen molar-refractivity contribution in [3.8, 4) is 0 Å². The van der Waals surface area contributed by atoms with E-state index in [1.807, 2.05) is 6.08 Å². The number of carboxylic acid groups (broad SMARTS) is 1. The molecule has 5 nitrogen and oxygen atoms in total. The first-order valence-corrected chi connectivity index (χ1v) is 11.1. The van der Waals surface area contributed by atoms with Gasteiger partial charge in [-0.2, -0.15) is 0 Å². The van der Waals surface area contributed by atoms with Gasteiger partial charge in [0.05, 0.1) is 0 Å². The molecule has 0 bridgehead atoms. The highest BCUT2D eigenvalue weighted by atomic mass is 16.4. The van der Waals surface area contributed by atoms with Crippen molar-refractivity contribution in [2.24, 2.45) is 40.4 Å². The Morgan fingerprint density at radius 3 is 2.34 bits per heavy atom. The summed E-state index contributed by atoms with van der Waals surface area (Å²) in [7, 11) is 0. The summed E-state index contributed by atoms with van der Waals surface area (Å²) in [5, 5.41) is 17.3. The third kappa shape index (κ3) is 3.71. The van der Waals surface area contributed by atoms with Crippen LogP contribution in [0.1, 0.15) is 72.6 Å². The van der Waals surface area contributed by atoms with Crippen LogP contribution in [0.4, 0.5) is 0 Å². The average molecular weight is 405 g/mol. The van der Waals surface area contributed by atoms with Crippen LogP contribution in [0, 0.1) is 40.4 Å². The fourth-order valence-corrected chi connectivity index (χ4v) is 7.71. The number of hydrogen-bond donors (Lipinski definition) is 2. The number of allylic oxidation sites excluding steroid dienone is 1. The van der Waals surface area contributed by atoms with E-state index >= 15 is 0 Å². The van der Waals surface area contributed by atoms with E-state index in [-0.39, 0.29) is 35.1 Å². The van der Waals surface area contributed by atoms with E-state index in [0.717, 1.165) is 39.0 Å². The average Bonchev–Trinajstić information content (AvgIpc) is 2.94. The number of carbonyl (C=O) groups is 3. The monoisotopic (exact) mass is 404 g/mol. The maximum absolute atomic E-state index is 12.4. The summed E-state index contributed by atoms with van der Waals surface area (Å²) >= 11 is 0. The fourth-order valence-electron chi connectivity index (χ4n) is 7.71. The lowest BCUT2D eigenvalue weighted by Gasteiger charge is -2.58. The molecule has 29 heavy (non-hydrogen) atoms. The molecule has 162 valence electrons. The van der Waals surface area contributed by atoms with E-state index in [4.69, 9.17) is 9.90 Å². The Bertz CT molecular complexity index is 721. The predicted octanol–water partition coefficient (Wildman–Crippen LogP) is 4.03. The molecule has 0 saturated heterocycles. The van der Waals surface area contributed by atoms with Crippen LogP contribution in [0.2, 0.25) is 0 Å². The van der Waals surface area contributed by atoms with Crippen molar-refractivity contribution in [1.82, 2.24) is 0 Å². The number of Topliss-reactive ketones (excluding diaryl/α,β-unsaturated/α-hetero) is 1. The lowest BCUT2D eigenvalue weighted by atomic mass is 9.46. The highest BCUT2D eigenvalue weighted by Crippen LogP contribution is 2.67. The third-order valence-corrected chi connectivity index (χ3v) is 8.81. The zero-order valence-electron chi connectivity index (χ0n) is 18.2. The van der Waals surface area contributed by atoms with Crippen LogP contribution < -0.4 is 0 Å². The molecular weight excluding hydrogens is 368 g/mol. The van der Waals surface area contributed by atoms with E-state index in [2.05, 4.69) is 13.8 Å². The number of aliphatic hydroxyl groups excluding tert-OH is 1. The third-order valence-electron chi connectivity index (χ3n) is 8.81. The van der Waals surface area contributed by atoms with Gasteiger partial charge in [-0.3, -0.25) is 14.4 Å². The number of carboxylic acids is 1. The van der Waals surface area contributed by atoms with Gasteiger partial charge in [0.25, 0.3) is 5.97 Å². The van der Waals surface area contributed by atoms with Gasteiger partial charge in [-0.15, -0.1) is 0 Å². The molecule has 3 fully saturated rings. The molecule has 4 rings (SSSR count). The van der Waals surface area contributed by atoms with Crippen LogP contribution in [-0.4, -0.2) is 34.4 Å². The molecule has 0 heterocycles. The Kier molecular flexibility index (Phi) is 6.11. The Morgan fingerprint density at radius 1 is 1.10 bits per heavy atom. The van der Waals surface area contributed by atoms with Gasteiger partial charge in [0.1, 0.15) is 5.78 Å². The minimum absolute atomic E-state index is 0.0288. The second-order valence-electron chi connectivity index (χ2n) is 10.3. The van der Waals surface area contributed by atoms with Gasteiger partial charge in [0, 0.05) is 25.9 Å². The Labute approximate surface area is 173 Å². The number of aliphatic hydroxyl groups is 1. The van der Waals surface area contributed by atoms with Crippen molar-refractivity contribution in [2.75, 3.05) is 6.61 Å². The van der Waals surface area contributed by atoms with E-state index in [9.17, 15) is 14.7 Å². The van der Waals surface area contributed by atoms with E-state index in [0.29, 0.717) is 30.0 Å². The van der Waals surface area contributed by atoms with Gasteiger partial charge < -0.3 is 10.2 Å². The molecule has 2 N–H and O–H groups in total. The van der Waals surface area contributed by atoms with Crippen LogP contribution in [0.25, 0.3) is 0 Å². The maximum Gasteiger partial charge on any atom is 0.300 e. The highest BCUT2D eigenvalue weighted by Gasteiger charge is 2.62. The Balaban J connectivity index is 0.000000552. The number of fused-ring (bicyclic) bond motifs is 5. The van der Waals surface area contributed by atoms with Gasteiger partial charge in [0.15, 0.2) is 5.78 Å². The molecule has 3 saturated carbocycles. The van der Waals surface area contributed by atoms with Crippen LogP contribution in [0.15, 0.2) is 11.6 Å². The van der Waals surface area contributed by atoms with E-state index < -0.39 is 5.97 Å².